The molecule has 0 bridgehead atoms. The number of nitrogens with two attached hydrogens (primary N) is 1. The predicted octanol–water partition coefficient (Wildman–Crippen LogP) is 2.17. The van der Waals surface area contributed by atoms with Gasteiger partial charge in [0, 0.05) is 10.6 Å². The fraction of sp³-hybridized carbons (Fsp3) is 0.154. The van der Waals surface area contributed by atoms with Crippen molar-refractivity contribution < 1.29 is 4.74 Å². The first kappa shape index (κ1) is 12.8. The second-order valence-corrected chi connectivity index (χ2v) is 4.32. The van der Waals surface area contributed by atoms with E-state index < -0.39 is 11.8 Å². The summed E-state index contributed by atoms with van der Waals surface area (Å²) in [5.41, 5.74) is 6.25. The van der Waals surface area contributed by atoms with Gasteiger partial charge in [0.25, 0.3) is 0 Å². The van der Waals surface area contributed by atoms with Gasteiger partial charge in [0.1, 0.15) is 17.7 Å². The Morgan fingerprint density at radius 1 is 1.26 bits per heavy atom. The van der Waals surface area contributed by atoms with E-state index in [4.69, 9.17) is 37.9 Å². The van der Waals surface area contributed by atoms with Gasteiger partial charge < -0.3 is 10.5 Å². The number of halogens is 1. The molecule has 0 spiro atoms. The van der Waals surface area contributed by atoms with E-state index in [9.17, 15) is 0 Å². The average molecular weight is 271 g/mol. The number of ether oxygens (including phenoxy) is 1. The van der Waals surface area contributed by atoms with Crippen LogP contribution in [-0.4, -0.2) is 0 Å². The third-order valence-corrected chi connectivity index (χ3v) is 3.07. The second-order valence-electron chi connectivity index (χ2n) is 3.89. The van der Waals surface area contributed by atoms with Crippen LogP contribution in [-0.2, 0) is 0 Å². The van der Waals surface area contributed by atoms with E-state index in [1.807, 2.05) is 18.2 Å². The molecule has 1 heterocycles. The van der Waals surface area contributed by atoms with E-state index >= 15 is 0 Å². The Hall–Kier alpha value is -2.68. The lowest BCUT2D eigenvalue weighted by Gasteiger charge is -2.26. The Kier molecular flexibility index (Phi) is 3.29. The molecule has 5 nitrogen and oxygen atoms in total. The van der Waals surface area contributed by atoms with Crippen LogP contribution in [0.5, 0.6) is 5.75 Å². The molecule has 0 saturated heterocycles. The summed E-state index contributed by atoms with van der Waals surface area (Å²) in [6.07, 6.45) is 0. The molecule has 1 aliphatic rings. The van der Waals surface area contributed by atoms with Crippen molar-refractivity contribution in [3.63, 3.8) is 0 Å². The minimum absolute atomic E-state index is 0.0721. The first-order valence-corrected chi connectivity index (χ1v) is 5.66. The van der Waals surface area contributed by atoms with Crippen LogP contribution >= 0.6 is 11.6 Å². The van der Waals surface area contributed by atoms with Gasteiger partial charge in [0.15, 0.2) is 0 Å². The molecule has 2 rings (SSSR count). The lowest BCUT2D eigenvalue weighted by Crippen LogP contribution is -2.24. The van der Waals surface area contributed by atoms with E-state index in [-0.39, 0.29) is 11.5 Å². The van der Waals surface area contributed by atoms with Crippen LogP contribution in [0.1, 0.15) is 11.5 Å². The number of hydrogen-bond donors (Lipinski definition) is 1. The van der Waals surface area contributed by atoms with Crippen molar-refractivity contribution in [1.82, 2.24) is 0 Å². The number of nitriles is 3. The maximum atomic E-state index is 9.15. The van der Waals surface area contributed by atoms with Crippen LogP contribution in [0.3, 0.4) is 0 Å². The largest absolute Gasteiger partial charge is 0.440 e. The molecule has 6 heteroatoms. The fourth-order valence-electron chi connectivity index (χ4n) is 1.99. The molecule has 19 heavy (non-hydrogen) atoms. The topological polar surface area (TPSA) is 107 Å². The number of hydrogen-bond acceptors (Lipinski definition) is 5. The van der Waals surface area contributed by atoms with Gasteiger partial charge in [0.05, 0.1) is 23.6 Å². The van der Waals surface area contributed by atoms with Crippen molar-refractivity contribution in [2.45, 2.75) is 5.92 Å². The molecule has 1 aliphatic heterocycles. The summed E-state index contributed by atoms with van der Waals surface area (Å²) in [6, 6.07) is 10.4. The normalized spacial score (nSPS) is 16.9. The van der Waals surface area contributed by atoms with Gasteiger partial charge in [-0.05, 0) is 18.2 Å². The first-order chi connectivity index (χ1) is 9.12. The average Bonchev–Trinajstić information content (AvgIpc) is 2.40. The van der Waals surface area contributed by atoms with E-state index in [1.54, 1.807) is 18.2 Å². The number of nitrogens with zero attached hydrogens (tertiary/aromatic N) is 3. The van der Waals surface area contributed by atoms with Crippen LogP contribution in [0.4, 0.5) is 0 Å². The van der Waals surface area contributed by atoms with Crippen molar-refractivity contribution in [3.8, 4) is 24.0 Å². The van der Waals surface area contributed by atoms with Crippen molar-refractivity contribution in [1.29, 1.82) is 15.8 Å². The lowest BCUT2D eigenvalue weighted by molar-refractivity contribution is 0.383. The zero-order chi connectivity index (χ0) is 14.0. The molecule has 0 saturated carbocycles. The van der Waals surface area contributed by atoms with Crippen molar-refractivity contribution in [2.75, 3.05) is 0 Å². The summed E-state index contributed by atoms with van der Waals surface area (Å²) in [6.45, 7) is 0. The summed E-state index contributed by atoms with van der Waals surface area (Å²) < 4.78 is 5.32. The number of rotatable bonds is 1. The highest BCUT2D eigenvalue weighted by Gasteiger charge is 2.35. The highest BCUT2D eigenvalue weighted by atomic mass is 35.5. The maximum Gasteiger partial charge on any atom is 0.205 e. The zero-order valence-corrected chi connectivity index (χ0v) is 10.3. The molecule has 0 amide bonds. The second kappa shape index (κ2) is 4.90. The Morgan fingerprint density at radius 2 is 1.95 bits per heavy atom. The van der Waals surface area contributed by atoms with Crippen LogP contribution in [0, 0.1) is 39.9 Å². The third-order valence-electron chi connectivity index (χ3n) is 2.84. The number of fused-ring (bicyclic) bond motifs is 1. The molecule has 1 atom stereocenters. The van der Waals surface area contributed by atoms with Crippen LogP contribution < -0.4 is 10.5 Å². The smallest absolute Gasteiger partial charge is 0.205 e. The molecule has 0 fully saturated rings. The standard InChI is InChI=1S/C13H7ClN4O/c14-8-1-2-11-9(3-8)12(7(4-15)5-16)10(6-17)13(18)19-11/h1-3,7,12H,18H2/t12-/m1/s1. The SMILES string of the molecule is N#CC1=C(N)Oc2ccc(Cl)cc2[C@H]1C(C#N)C#N. The maximum absolute atomic E-state index is 9.15. The summed E-state index contributed by atoms with van der Waals surface area (Å²) in [5.74, 6) is -1.46. The molecule has 0 unspecified atom stereocenters. The van der Waals surface area contributed by atoms with Gasteiger partial charge in [0.2, 0.25) is 5.88 Å². The van der Waals surface area contributed by atoms with Gasteiger partial charge in [-0.3, -0.25) is 0 Å². The number of benzene rings is 1. The molecule has 1 aromatic rings. The highest BCUT2D eigenvalue weighted by Crippen LogP contribution is 2.42. The van der Waals surface area contributed by atoms with Gasteiger partial charge >= 0.3 is 0 Å². The minimum atomic E-state index is -1.03. The molecule has 0 radical (unpaired) electrons. The molecule has 92 valence electrons. The third kappa shape index (κ3) is 2.06. The van der Waals surface area contributed by atoms with Crippen LogP contribution in [0.15, 0.2) is 29.7 Å². The molecular weight excluding hydrogens is 264 g/mol. The Labute approximate surface area is 114 Å². The Bertz CT molecular complexity index is 676. The Balaban J connectivity index is 2.68. The minimum Gasteiger partial charge on any atom is -0.440 e. The quantitative estimate of drug-likeness (QED) is 0.841. The summed E-state index contributed by atoms with van der Waals surface area (Å²) in [7, 11) is 0. The van der Waals surface area contributed by atoms with Gasteiger partial charge in [-0.25, -0.2) is 0 Å². The van der Waals surface area contributed by atoms with Gasteiger partial charge in [-0.15, -0.1) is 0 Å². The first-order valence-electron chi connectivity index (χ1n) is 5.28. The van der Waals surface area contributed by atoms with E-state index in [1.165, 1.54) is 0 Å². The van der Waals surface area contributed by atoms with Gasteiger partial charge in [-0.2, -0.15) is 15.8 Å². The summed E-state index contributed by atoms with van der Waals surface area (Å²) >= 11 is 5.91. The van der Waals surface area contributed by atoms with E-state index in [2.05, 4.69) is 0 Å². The highest BCUT2D eigenvalue weighted by molar-refractivity contribution is 6.30. The molecule has 1 aromatic carbocycles. The number of allylic oxidation sites excluding steroid dienone is 1. The monoisotopic (exact) mass is 270 g/mol. The van der Waals surface area contributed by atoms with Gasteiger partial charge in [-0.1, -0.05) is 11.6 Å². The summed E-state index contributed by atoms with van der Waals surface area (Å²) in [4.78, 5) is 0. The lowest BCUT2D eigenvalue weighted by atomic mass is 9.80. The molecular formula is C13H7ClN4O. The Morgan fingerprint density at radius 3 is 2.53 bits per heavy atom. The van der Waals surface area contributed by atoms with Crippen molar-refractivity contribution in [2.24, 2.45) is 11.7 Å². The van der Waals surface area contributed by atoms with Crippen molar-refractivity contribution in [3.05, 3.63) is 40.2 Å². The van der Waals surface area contributed by atoms with Crippen LogP contribution in [0.2, 0.25) is 5.02 Å². The predicted molar refractivity (Wildman–Crippen MR) is 66.4 cm³/mol. The molecule has 2 N–H and O–H groups in total. The molecule has 0 aliphatic carbocycles. The summed E-state index contributed by atoms with van der Waals surface area (Å²) in [5, 5.41) is 27.7. The van der Waals surface area contributed by atoms with E-state index in [0.29, 0.717) is 16.3 Å². The van der Waals surface area contributed by atoms with Crippen molar-refractivity contribution >= 4 is 11.6 Å². The van der Waals surface area contributed by atoms with Crippen LogP contribution in [0.25, 0.3) is 0 Å². The zero-order valence-electron chi connectivity index (χ0n) is 9.59. The van der Waals surface area contributed by atoms with E-state index in [0.717, 1.165) is 0 Å². The fourth-order valence-corrected chi connectivity index (χ4v) is 2.17. The molecule has 0 aromatic heterocycles.